The van der Waals surface area contributed by atoms with Crippen molar-refractivity contribution in [2.24, 2.45) is 0 Å². The second kappa shape index (κ2) is 4.81. The van der Waals surface area contributed by atoms with Gasteiger partial charge in [0, 0.05) is 13.4 Å². The highest BCUT2D eigenvalue weighted by molar-refractivity contribution is 9.11. The van der Waals surface area contributed by atoms with E-state index in [2.05, 4.69) is 66.0 Å². The zero-order valence-corrected chi connectivity index (χ0v) is 12.4. The molecule has 0 nitrogen and oxygen atoms in total. The molecule has 3 heteroatoms. The molecule has 0 aromatic heterocycles. The second-order valence-electron chi connectivity index (χ2n) is 3.14. The summed E-state index contributed by atoms with van der Waals surface area (Å²) < 4.78 is 3.25. The van der Waals surface area contributed by atoms with E-state index >= 15 is 0 Å². The van der Waals surface area contributed by atoms with Gasteiger partial charge >= 0.3 is 0 Å². The lowest BCUT2D eigenvalue weighted by Crippen LogP contribution is -1.80. The molecule has 0 aliphatic rings. The van der Waals surface area contributed by atoms with Gasteiger partial charge < -0.3 is 0 Å². The first-order valence-electron chi connectivity index (χ1n) is 4.38. The molecule has 2 rings (SSSR count). The van der Waals surface area contributed by atoms with E-state index in [0.29, 0.717) is 0 Å². The third-order valence-electron chi connectivity index (χ3n) is 2.05. The summed E-state index contributed by atoms with van der Waals surface area (Å²) in [5.41, 5.74) is 2.38. The Morgan fingerprint density at radius 3 is 1.93 bits per heavy atom. The average Bonchev–Trinajstić information content (AvgIpc) is 2.16. The van der Waals surface area contributed by atoms with E-state index in [0.717, 1.165) is 13.4 Å². The molecule has 0 aliphatic carbocycles. The van der Waals surface area contributed by atoms with Gasteiger partial charge in [0.25, 0.3) is 0 Å². The predicted octanol–water partition coefficient (Wildman–Crippen LogP) is 5.64. The molecule has 0 fully saturated rings. The lowest BCUT2D eigenvalue weighted by Gasteiger charge is -2.05. The summed E-state index contributed by atoms with van der Waals surface area (Å²) in [6.45, 7) is 0. The van der Waals surface area contributed by atoms with Gasteiger partial charge in [-0.2, -0.15) is 0 Å². The van der Waals surface area contributed by atoms with Crippen molar-refractivity contribution in [3.8, 4) is 11.1 Å². The van der Waals surface area contributed by atoms with Crippen LogP contribution in [-0.2, 0) is 0 Å². The lowest BCUT2D eigenvalue weighted by atomic mass is 10.1. The Bertz CT molecular complexity index is 472. The number of rotatable bonds is 1. The fourth-order valence-electron chi connectivity index (χ4n) is 1.40. The van der Waals surface area contributed by atoms with Gasteiger partial charge in [0.1, 0.15) is 0 Å². The minimum atomic E-state index is 1.07. The molecule has 0 radical (unpaired) electrons. The molecule has 0 aliphatic heterocycles. The molecule has 0 unspecified atom stereocenters. The van der Waals surface area contributed by atoms with Crippen LogP contribution < -0.4 is 0 Å². The number of benzene rings is 2. The molecule has 76 valence electrons. The molecule has 2 aromatic carbocycles. The van der Waals surface area contributed by atoms with Crippen molar-refractivity contribution in [2.75, 3.05) is 0 Å². The predicted molar refractivity (Wildman–Crippen MR) is 75.0 cm³/mol. The largest absolute Gasteiger partial charge is 0.0616 e. The average molecular weight is 391 g/mol. The molecule has 0 N–H and O–H groups in total. The fourth-order valence-corrected chi connectivity index (χ4v) is 3.21. The smallest absolute Gasteiger partial charge is 0.0253 e. The van der Waals surface area contributed by atoms with Gasteiger partial charge in [-0.1, -0.05) is 66.0 Å². The van der Waals surface area contributed by atoms with Crippen molar-refractivity contribution in [3.63, 3.8) is 0 Å². The van der Waals surface area contributed by atoms with E-state index in [4.69, 9.17) is 0 Å². The van der Waals surface area contributed by atoms with E-state index in [1.807, 2.05) is 24.3 Å². The standard InChI is InChI=1S/C12H7Br3/c13-9-5-8(6-10(14)7-9)11-3-1-2-4-12(11)15/h1-7H. The van der Waals surface area contributed by atoms with Crippen molar-refractivity contribution in [1.29, 1.82) is 0 Å². The maximum Gasteiger partial charge on any atom is 0.0253 e. The van der Waals surface area contributed by atoms with Gasteiger partial charge in [0.15, 0.2) is 0 Å². The monoisotopic (exact) mass is 388 g/mol. The number of halogens is 3. The zero-order chi connectivity index (χ0) is 10.8. The SMILES string of the molecule is Brc1cc(Br)cc(-c2ccccc2Br)c1. The van der Waals surface area contributed by atoms with Gasteiger partial charge in [0.2, 0.25) is 0 Å². The van der Waals surface area contributed by atoms with Crippen LogP contribution in [-0.4, -0.2) is 0 Å². The van der Waals surface area contributed by atoms with Gasteiger partial charge in [-0.3, -0.25) is 0 Å². The van der Waals surface area contributed by atoms with E-state index in [1.165, 1.54) is 11.1 Å². The molecule has 0 spiro atoms. The minimum Gasteiger partial charge on any atom is -0.0616 e. The summed E-state index contributed by atoms with van der Waals surface area (Å²) in [4.78, 5) is 0. The van der Waals surface area contributed by atoms with E-state index in [9.17, 15) is 0 Å². The minimum absolute atomic E-state index is 1.07. The van der Waals surface area contributed by atoms with Crippen LogP contribution in [0, 0.1) is 0 Å². The Hall–Kier alpha value is -0.120. The van der Waals surface area contributed by atoms with Crippen molar-refractivity contribution in [3.05, 3.63) is 55.9 Å². The topological polar surface area (TPSA) is 0 Å². The van der Waals surface area contributed by atoms with Crippen LogP contribution >= 0.6 is 47.8 Å². The zero-order valence-electron chi connectivity index (χ0n) is 7.68. The Labute approximate surface area is 114 Å². The molecular formula is C12H7Br3. The lowest BCUT2D eigenvalue weighted by molar-refractivity contribution is 1.54. The van der Waals surface area contributed by atoms with Crippen molar-refractivity contribution >= 4 is 47.8 Å². The van der Waals surface area contributed by atoms with Crippen LogP contribution in [0.1, 0.15) is 0 Å². The Morgan fingerprint density at radius 2 is 1.33 bits per heavy atom. The van der Waals surface area contributed by atoms with Crippen LogP contribution in [0.5, 0.6) is 0 Å². The maximum atomic E-state index is 3.55. The first-order chi connectivity index (χ1) is 7.16. The van der Waals surface area contributed by atoms with Gasteiger partial charge in [0.05, 0.1) is 0 Å². The molecule has 15 heavy (non-hydrogen) atoms. The normalized spacial score (nSPS) is 10.3. The van der Waals surface area contributed by atoms with E-state index < -0.39 is 0 Å². The second-order valence-corrected chi connectivity index (χ2v) is 5.82. The van der Waals surface area contributed by atoms with Gasteiger partial charge in [-0.25, -0.2) is 0 Å². The Morgan fingerprint density at radius 1 is 0.733 bits per heavy atom. The molecule has 0 amide bonds. The van der Waals surface area contributed by atoms with Crippen LogP contribution in [0.15, 0.2) is 55.9 Å². The third kappa shape index (κ3) is 2.71. The number of hydrogen-bond acceptors (Lipinski definition) is 0. The Balaban J connectivity index is 2.59. The van der Waals surface area contributed by atoms with Crippen LogP contribution in [0.3, 0.4) is 0 Å². The molecular weight excluding hydrogens is 384 g/mol. The first-order valence-corrected chi connectivity index (χ1v) is 6.76. The fraction of sp³-hybridized carbons (Fsp3) is 0. The van der Waals surface area contributed by atoms with Crippen LogP contribution in [0.4, 0.5) is 0 Å². The highest BCUT2D eigenvalue weighted by Gasteiger charge is 2.03. The molecule has 2 aromatic rings. The summed E-state index contributed by atoms with van der Waals surface area (Å²) in [6, 6.07) is 14.4. The van der Waals surface area contributed by atoms with Crippen LogP contribution in [0.2, 0.25) is 0 Å². The molecule has 0 bridgehead atoms. The van der Waals surface area contributed by atoms with Crippen molar-refractivity contribution < 1.29 is 0 Å². The van der Waals surface area contributed by atoms with Gasteiger partial charge in [-0.15, -0.1) is 0 Å². The quantitative estimate of drug-likeness (QED) is 0.591. The van der Waals surface area contributed by atoms with E-state index in [-0.39, 0.29) is 0 Å². The summed E-state index contributed by atoms with van der Waals surface area (Å²) >= 11 is 10.5. The molecule has 0 saturated heterocycles. The third-order valence-corrected chi connectivity index (χ3v) is 3.65. The first kappa shape index (κ1) is 11.4. The van der Waals surface area contributed by atoms with Crippen molar-refractivity contribution in [2.45, 2.75) is 0 Å². The summed E-state index contributed by atoms with van der Waals surface area (Å²) in [6.07, 6.45) is 0. The summed E-state index contributed by atoms with van der Waals surface area (Å²) in [5, 5.41) is 0. The Kier molecular flexibility index (Phi) is 3.65. The van der Waals surface area contributed by atoms with Crippen molar-refractivity contribution in [1.82, 2.24) is 0 Å². The van der Waals surface area contributed by atoms with Gasteiger partial charge in [-0.05, 0) is 35.4 Å². The highest BCUT2D eigenvalue weighted by Crippen LogP contribution is 2.32. The van der Waals surface area contributed by atoms with E-state index in [1.54, 1.807) is 0 Å². The molecule has 0 saturated carbocycles. The molecule has 0 heterocycles. The number of hydrogen-bond donors (Lipinski definition) is 0. The maximum absolute atomic E-state index is 3.55. The van der Waals surface area contributed by atoms with Crippen LogP contribution in [0.25, 0.3) is 11.1 Å². The summed E-state index contributed by atoms with van der Waals surface area (Å²) in [5.74, 6) is 0. The highest BCUT2D eigenvalue weighted by atomic mass is 79.9. The summed E-state index contributed by atoms with van der Waals surface area (Å²) in [7, 11) is 0. The molecule has 0 atom stereocenters.